The summed E-state index contributed by atoms with van der Waals surface area (Å²) in [5, 5.41) is 0. The Morgan fingerprint density at radius 3 is 2.47 bits per heavy atom. The van der Waals surface area contributed by atoms with E-state index in [1.54, 1.807) is 0 Å². The maximum Gasteiger partial charge on any atom is 0.305 e. The lowest BCUT2D eigenvalue weighted by Gasteiger charge is -2.40. The van der Waals surface area contributed by atoms with E-state index in [2.05, 4.69) is 13.0 Å². The number of ketones is 1. The number of allylic oxidation sites excluding steroid dienone is 2. The highest BCUT2D eigenvalue weighted by Crippen LogP contribution is 2.48. The van der Waals surface area contributed by atoms with Crippen LogP contribution in [-0.2, 0) is 23.8 Å². The van der Waals surface area contributed by atoms with Crippen molar-refractivity contribution in [3.8, 4) is 0 Å². The second-order valence-electron chi connectivity index (χ2n) is 8.71. The molecule has 0 aromatic heterocycles. The maximum atomic E-state index is 12.2. The van der Waals surface area contributed by atoms with E-state index >= 15 is 0 Å². The molecule has 1 saturated heterocycles. The average Bonchev–Trinajstić information content (AvgIpc) is 3.06. The summed E-state index contributed by atoms with van der Waals surface area (Å²) in [6.45, 7) is 5.99. The first-order valence-electron chi connectivity index (χ1n) is 12.3. The second kappa shape index (κ2) is 14.0. The van der Waals surface area contributed by atoms with Gasteiger partial charge in [-0.05, 0) is 51.0 Å². The van der Waals surface area contributed by atoms with E-state index in [-0.39, 0.29) is 11.8 Å². The molecule has 1 aliphatic carbocycles. The maximum absolute atomic E-state index is 12.2. The van der Waals surface area contributed by atoms with E-state index in [0.717, 1.165) is 83.8 Å². The molecule has 2 aliphatic rings. The molecule has 0 aromatic carbocycles. The number of carbonyl (C=O) groups is 2. The van der Waals surface area contributed by atoms with Gasteiger partial charge in [-0.3, -0.25) is 9.59 Å². The third-order valence-corrected chi connectivity index (χ3v) is 6.40. The van der Waals surface area contributed by atoms with Crippen molar-refractivity contribution in [2.24, 2.45) is 11.8 Å². The molecule has 0 unspecified atom stereocenters. The molecule has 1 saturated carbocycles. The van der Waals surface area contributed by atoms with E-state index in [4.69, 9.17) is 14.2 Å². The Balaban J connectivity index is 1.82. The zero-order chi connectivity index (χ0) is 21.7. The fourth-order valence-corrected chi connectivity index (χ4v) is 4.78. The van der Waals surface area contributed by atoms with Gasteiger partial charge in [0.2, 0.25) is 0 Å². The van der Waals surface area contributed by atoms with Gasteiger partial charge in [-0.2, -0.15) is 0 Å². The Labute approximate surface area is 182 Å². The number of rotatable bonds is 14. The van der Waals surface area contributed by atoms with Crippen LogP contribution in [0.25, 0.3) is 0 Å². The number of esters is 1. The van der Waals surface area contributed by atoms with Crippen LogP contribution in [-0.4, -0.2) is 37.4 Å². The van der Waals surface area contributed by atoms with Gasteiger partial charge in [0.15, 0.2) is 11.6 Å². The third kappa shape index (κ3) is 8.14. The highest BCUT2D eigenvalue weighted by atomic mass is 16.7. The summed E-state index contributed by atoms with van der Waals surface area (Å²) in [5.74, 6) is 0.349. The Hall–Kier alpha value is -1.20. The molecular formula is C25H42O5. The topological polar surface area (TPSA) is 61.8 Å². The minimum absolute atomic E-state index is 0.0925. The summed E-state index contributed by atoms with van der Waals surface area (Å²) in [4.78, 5) is 23.6. The Morgan fingerprint density at radius 2 is 1.73 bits per heavy atom. The van der Waals surface area contributed by atoms with E-state index in [1.165, 1.54) is 0 Å². The third-order valence-electron chi connectivity index (χ3n) is 6.40. The van der Waals surface area contributed by atoms with Crippen molar-refractivity contribution in [3.05, 3.63) is 12.2 Å². The van der Waals surface area contributed by atoms with Crippen LogP contribution in [0, 0.1) is 11.8 Å². The van der Waals surface area contributed by atoms with Crippen LogP contribution in [0.15, 0.2) is 12.2 Å². The quantitative estimate of drug-likeness (QED) is 0.202. The van der Waals surface area contributed by atoms with Crippen LogP contribution in [0.4, 0.5) is 0 Å². The normalized spacial score (nSPS) is 23.3. The van der Waals surface area contributed by atoms with Crippen molar-refractivity contribution >= 4 is 11.8 Å². The molecule has 0 aromatic rings. The molecule has 172 valence electrons. The first kappa shape index (κ1) is 25.1. The van der Waals surface area contributed by atoms with E-state index in [0.29, 0.717) is 31.3 Å². The van der Waals surface area contributed by atoms with Gasteiger partial charge in [0.25, 0.3) is 0 Å². The van der Waals surface area contributed by atoms with Gasteiger partial charge >= 0.3 is 5.97 Å². The highest BCUT2D eigenvalue weighted by molar-refractivity contribution is 5.89. The predicted octanol–water partition coefficient (Wildman–Crippen LogP) is 5.76. The first-order chi connectivity index (χ1) is 14.6. The summed E-state index contributed by atoms with van der Waals surface area (Å²) >= 11 is 0. The van der Waals surface area contributed by atoms with E-state index in [9.17, 15) is 9.59 Å². The van der Waals surface area contributed by atoms with Crippen LogP contribution in [0.2, 0.25) is 0 Å². The molecule has 5 heteroatoms. The molecule has 2 rings (SSSR count). The zero-order valence-corrected chi connectivity index (χ0v) is 19.2. The lowest BCUT2D eigenvalue weighted by atomic mass is 9.86. The van der Waals surface area contributed by atoms with Gasteiger partial charge in [0.05, 0.1) is 19.8 Å². The number of ether oxygens (including phenoxy) is 3. The SMILES string of the molecule is CCCCCC(=O)C=C[C@H]1CCC2(OCCCO2)[C@@H]1CCCCCCC(=O)OCC. The fraction of sp³-hybridized carbons (Fsp3) is 0.840. The van der Waals surface area contributed by atoms with Gasteiger partial charge in [-0.15, -0.1) is 0 Å². The van der Waals surface area contributed by atoms with Crippen LogP contribution >= 0.6 is 0 Å². The number of hydrogen-bond donors (Lipinski definition) is 0. The van der Waals surface area contributed by atoms with Gasteiger partial charge in [-0.25, -0.2) is 0 Å². The molecule has 0 amide bonds. The number of unbranched alkanes of at least 4 members (excludes halogenated alkanes) is 5. The van der Waals surface area contributed by atoms with E-state index < -0.39 is 5.79 Å². The summed E-state index contributed by atoms with van der Waals surface area (Å²) in [6.07, 6.45) is 16.4. The molecular weight excluding hydrogens is 380 g/mol. The summed E-state index contributed by atoms with van der Waals surface area (Å²) in [5.41, 5.74) is 0. The van der Waals surface area contributed by atoms with Crippen molar-refractivity contribution in [3.63, 3.8) is 0 Å². The first-order valence-corrected chi connectivity index (χ1v) is 12.3. The van der Waals surface area contributed by atoms with Gasteiger partial charge in [-0.1, -0.05) is 45.1 Å². The summed E-state index contributed by atoms with van der Waals surface area (Å²) < 4.78 is 17.4. The molecule has 1 heterocycles. The number of carbonyl (C=O) groups excluding carboxylic acids is 2. The monoisotopic (exact) mass is 422 g/mol. The van der Waals surface area contributed by atoms with Gasteiger partial charge < -0.3 is 14.2 Å². The fourth-order valence-electron chi connectivity index (χ4n) is 4.78. The van der Waals surface area contributed by atoms with Crippen LogP contribution in [0.1, 0.15) is 97.3 Å². The largest absolute Gasteiger partial charge is 0.466 e. The molecule has 2 atom stereocenters. The minimum atomic E-state index is -0.455. The van der Waals surface area contributed by atoms with Crippen LogP contribution in [0.5, 0.6) is 0 Å². The van der Waals surface area contributed by atoms with Crippen molar-refractivity contribution in [1.29, 1.82) is 0 Å². The predicted molar refractivity (Wildman–Crippen MR) is 118 cm³/mol. The molecule has 30 heavy (non-hydrogen) atoms. The van der Waals surface area contributed by atoms with Crippen LogP contribution < -0.4 is 0 Å². The molecule has 1 aliphatic heterocycles. The smallest absolute Gasteiger partial charge is 0.305 e. The Morgan fingerprint density at radius 1 is 1.00 bits per heavy atom. The van der Waals surface area contributed by atoms with Crippen molar-refractivity contribution < 1.29 is 23.8 Å². The number of hydrogen-bond acceptors (Lipinski definition) is 5. The van der Waals surface area contributed by atoms with Gasteiger partial charge in [0, 0.05) is 25.2 Å². The molecule has 5 nitrogen and oxygen atoms in total. The standard InChI is InChI=1S/C25H42O5/c1-3-5-8-12-22(26)16-15-21-17-18-25(29-19-11-20-30-25)23(21)13-9-6-7-10-14-24(27)28-4-2/h15-16,21,23H,3-14,17-20H2,1-2H3/t21-,23+/m0/s1. The van der Waals surface area contributed by atoms with Crippen molar-refractivity contribution in [2.75, 3.05) is 19.8 Å². The second-order valence-corrected chi connectivity index (χ2v) is 8.71. The van der Waals surface area contributed by atoms with E-state index in [1.807, 2.05) is 13.0 Å². The Bertz CT molecular complexity index is 536. The van der Waals surface area contributed by atoms with Crippen LogP contribution in [0.3, 0.4) is 0 Å². The molecule has 0 bridgehead atoms. The average molecular weight is 423 g/mol. The molecule has 0 N–H and O–H groups in total. The van der Waals surface area contributed by atoms with Crippen molar-refractivity contribution in [1.82, 2.24) is 0 Å². The molecule has 1 spiro atoms. The van der Waals surface area contributed by atoms with Gasteiger partial charge in [0.1, 0.15) is 0 Å². The lowest BCUT2D eigenvalue weighted by molar-refractivity contribution is -0.287. The molecule has 0 radical (unpaired) electrons. The minimum Gasteiger partial charge on any atom is -0.466 e. The highest BCUT2D eigenvalue weighted by Gasteiger charge is 2.50. The lowest BCUT2D eigenvalue weighted by Crippen LogP contribution is -2.45. The summed E-state index contributed by atoms with van der Waals surface area (Å²) in [6, 6.07) is 0. The Kier molecular flexibility index (Phi) is 11.7. The summed E-state index contributed by atoms with van der Waals surface area (Å²) in [7, 11) is 0. The zero-order valence-electron chi connectivity index (χ0n) is 19.2. The van der Waals surface area contributed by atoms with Crippen molar-refractivity contribution in [2.45, 2.75) is 103 Å². The molecule has 2 fully saturated rings.